The maximum Gasteiger partial charge on any atom is 0.0900 e. The van der Waals surface area contributed by atoms with E-state index in [1.165, 1.54) is 11.1 Å². The van der Waals surface area contributed by atoms with Gasteiger partial charge in [0.2, 0.25) is 0 Å². The Morgan fingerprint density at radius 1 is 1.14 bits per heavy atom. The van der Waals surface area contributed by atoms with Crippen molar-refractivity contribution in [1.29, 1.82) is 0 Å². The lowest BCUT2D eigenvalue weighted by molar-refractivity contribution is -0.0149. The fourth-order valence-corrected chi connectivity index (χ4v) is 2.21. The highest BCUT2D eigenvalue weighted by molar-refractivity contribution is 5.21. The molecule has 0 saturated heterocycles. The molecule has 2 atom stereocenters. The van der Waals surface area contributed by atoms with Gasteiger partial charge in [-0.1, -0.05) is 36.8 Å². The van der Waals surface area contributed by atoms with Crippen LogP contribution in [0, 0.1) is 6.92 Å². The summed E-state index contributed by atoms with van der Waals surface area (Å²) in [6.45, 7) is 12.4. The summed E-state index contributed by atoms with van der Waals surface area (Å²) in [6.07, 6.45) is 0.796. The van der Waals surface area contributed by atoms with Crippen molar-refractivity contribution in [3.05, 3.63) is 35.4 Å². The van der Waals surface area contributed by atoms with Crippen LogP contribution in [0.5, 0.6) is 0 Å². The standard InChI is InChI=1S/C18H31NO2/c1-6-16(5)19(12-18(20)13-21-14(2)3)11-17-9-7-15(4)8-10-17/h7-10,14,16,18,20H,6,11-13H2,1-5H3/t16-,18-/m0/s1. The van der Waals surface area contributed by atoms with E-state index in [2.05, 4.69) is 49.9 Å². The number of benzene rings is 1. The van der Waals surface area contributed by atoms with E-state index in [0.29, 0.717) is 19.2 Å². The quantitative estimate of drug-likeness (QED) is 0.757. The van der Waals surface area contributed by atoms with Crippen molar-refractivity contribution in [3.8, 4) is 0 Å². The van der Waals surface area contributed by atoms with Crippen LogP contribution >= 0.6 is 0 Å². The van der Waals surface area contributed by atoms with Crippen molar-refractivity contribution in [1.82, 2.24) is 4.90 Å². The molecule has 1 aromatic rings. The predicted octanol–water partition coefficient (Wildman–Crippen LogP) is 3.38. The molecule has 0 spiro atoms. The summed E-state index contributed by atoms with van der Waals surface area (Å²) < 4.78 is 5.51. The third-order valence-electron chi connectivity index (χ3n) is 3.79. The van der Waals surface area contributed by atoms with Gasteiger partial charge in [-0.25, -0.2) is 0 Å². The van der Waals surface area contributed by atoms with Crippen molar-refractivity contribution >= 4 is 0 Å². The van der Waals surface area contributed by atoms with Crippen LogP contribution in [0.3, 0.4) is 0 Å². The molecule has 0 saturated carbocycles. The molecule has 1 aromatic carbocycles. The number of nitrogens with zero attached hydrogens (tertiary/aromatic N) is 1. The first-order valence-corrected chi connectivity index (χ1v) is 8.01. The highest BCUT2D eigenvalue weighted by atomic mass is 16.5. The molecular formula is C18H31NO2. The van der Waals surface area contributed by atoms with Gasteiger partial charge >= 0.3 is 0 Å². The van der Waals surface area contributed by atoms with Crippen molar-refractivity contribution in [2.45, 2.75) is 65.8 Å². The molecule has 120 valence electrons. The van der Waals surface area contributed by atoms with Crippen molar-refractivity contribution in [2.75, 3.05) is 13.2 Å². The van der Waals surface area contributed by atoms with Gasteiger partial charge in [0, 0.05) is 19.1 Å². The summed E-state index contributed by atoms with van der Waals surface area (Å²) >= 11 is 0. The molecule has 21 heavy (non-hydrogen) atoms. The number of aliphatic hydroxyl groups excluding tert-OH is 1. The molecule has 0 fully saturated rings. The Kier molecular flexibility index (Phi) is 7.94. The van der Waals surface area contributed by atoms with E-state index in [4.69, 9.17) is 4.74 Å². The molecule has 0 amide bonds. The van der Waals surface area contributed by atoms with E-state index in [1.54, 1.807) is 0 Å². The first-order valence-electron chi connectivity index (χ1n) is 8.01. The molecule has 0 aliphatic heterocycles. The van der Waals surface area contributed by atoms with Crippen LogP contribution in [-0.4, -0.2) is 41.4 Å². The molecule has 3 nitrogen and oxygen atoms in total. The average Bonchev–Trinajstić information content (AvgIpc) is 2.45. The smallest absolute Gasteiger partial charge is 0.0900 e. The van der Waals surface area contributed by atoms with Gasteiger partial charge in [0.15, 0.2) is 0 Å². The highest BCUT2D eigenvalue weighted by Crippen LogP contribution is 2.12. The molecule has 0 radical (unpaired) electrons. The minimum atomic E-state index is -0.438. The van der Waals surface area contributed by atoms with Gasteiger partial charge in [0.05, 0.1) is 18.8 Å². The number of rotatable bonds is 9. The fourth-order valence-electron chi connectivity index (χ4n) is 2.21. The molecule has 0 unspecified atom stereocenters. The molecule has 3 heteroatoms. The lowest BCUT2D eigenvalue weighted by Crippen LogP contribution is -2.40. The Hall–Kier alpha value is -0.900. The van der Waals surface area contributed by atoms with Crippen LogP contribution < -0.4 is 0 Å². The number of hydrogen-bond donors (Lipinski definition) is 1. The minimum absolute atomic E-state index is 0.161. The number of ether oxygens (including phenoxy) is 1. The van der Waals surface area contributed by atoms with E-state index in [9.17, 15) is 5.11 Å². The lowest BCUT2D eigenvalue weighted by atomic mass is 10.1. The third-order valence-corrected chi connectivity index (χ3v) is 3.79. The van der Waals surface area contributed by atoms with E-state index >= 15 is 0 Å². The second-order valence-electron chi connectivity index (χ2n) is 6.21. The molecule has 0 aliphatic rings. The second-order valence-corrected chi connectivity index (χ2v) is 6.21. The summed E-state index contributed by atoms with van der Waals surface area (Å²) in [5.74, 6) is 0. The second kappa shape index (κ2) is 9.19. The van der Waals surface area contributed by atoms with Crippen LogP contribution in [0.2, 0.25) is 0 Å². The van der Waals surface area contributed by atoms with Gasteiger partial charge in [0.1, 0.15) is 0 Å². The van der Waals surface area contributed by atoms with E-state index < -0.39 is 6.10 Å². The van der Waals surface area contributed by atoms with Gasteiger partial charge in [0.25, 0.3) is 0 Å². The molecule has 0 aliphatic carbocycles. The molecular weight excluding hydrogens is 262 g/mol. The van der Waals surface area contributed by atoms with E-state index in [0.717, 1.165) is 13.0 Å². The van der Waals surface area contributed by atoms with Gasteiger partial charge < -0.3 is 9.84 Å². The molecule has 1 rings (SSSR count). The summed E-state index contributed by atoms with van der Waals surface area (Å²) in [5, 5.41) is 10.2. The van der Waals surface area contributed by atoms with Gasteiger partial charge in [-0.05, 0) is 39.7 Å². The zero-order valence-electron chi connectivity index (χ0n) is 14.2. The Morgan fingerprint density at radius 2 is 1.76 bits per heavy atom. The Morgan fingerprint density at radius 3 is 2.29 bits per heavy atom. The zero-order valence-corrected chi connectivity index (χ0v) is 14.2. The normalized spacial score (nSPS) is 14.7. The van der Waals surface area contributed by atoms with Crippen LogP contribution in [0.15, 0.2) is 24.3 Å². The Balaban J connectivity index is 2.61. The van der Waals surface area contributed by atoms with Crippen molar-refractivity contribution < 1.29 is 9.84 Å². The molecule has 0 heterocycles. The maximum absolute atomic E-state index is 10.2. The largest absolute Gasteiger partial charge is 0.389 e. The van der Waals surface area contributed by atoms with Crippen LogP contribution in [0.25, 0.3) is 0 Å². The van der Waals surface area contributed by atoms with Crippen molar-refractivity contribution in [2.24, 2.45) is 0 Å². The Labute approximate surface area is 129 Å². The predicted molar refractivity (Wildman–Crippen MR) is 88.4 cm³/mol. The zero-order chi connectivity index (χ0) is 15.8. The average molecular weight is 293 g/mol. The highest BCUT2D eigenvalue weighted by Gasteiger charge is 2.17. The topological polar surface area (TPSA) is 32.7 Å². The molecule has 1 N–H and O–H groups in total. The Bertz CT molecular complexity index is 389. The van der Waals surface area contributed by atoms with Crippen LogP contribution in [0.4, 0.5) is 0 Å². The molecule has 0 aromatic heterocycles. The number of hydrogen-bond acceptors (Lipinski definition) is 3. The third kappa shape index (κ3) is 7.07. The van der Waals surface area contributed by atoms with Crippen LogP contribution in [-0.2, 0) is 11.3 Å². The summed E-state index contributed by atoms with van der Waals surface area (Å²) in [6, 6.07) is 9.06. The molecule has 0 bridgehead atoms. The maximum atomic E-state index is 10.2. The van der Waals surface area contributed by atoms with Gasteiger partial charge in [-0.15, -0.1) is 0 Å². The van der Waals surface area contributed by atoms with Gasteiger partial charge in [-0.3, -0.25) is 4.90 Å². The monoisotopic (exact) mass is 293 g/mol. The van der Waals surface area contributed by atoms with Gasteiger partial charge in [-0.2, -0.15) is 0 Å². The van der Waals surface area contributed by atoms with E-state index in [-0.39, 0.29) is 6.10 Å². The van der Waals surface area contributed by atoms with Crippen LogP contribution in [0.1, 0.15) is 45.2 Å². The lowest BCUT2D eigenvalue weighted by Gasteiger charge is -2.30. The fraction of sp³-hybridized carbons (Fsp3) is 0.667. The minimum Gasteiger partial charge on any atom is -0.389 e. The van der Waals surface area contributed by atoms with Crippen molar-refractivity contribution in [3.63, 3.8) is 0 Å². The van der Waals surface area contributed by atoms with E-state index in [1.807, 2.05) is 13.8 Å². The SMILES string of the molecule is CC[C@H](C)N(Cc1ccc(C)cc1)C[C@H](O)COC(C)C. The first-order chi connectivity index (χ1) is 9.92. The summed E-state index contributed by atoms with van der Waals surface area (Å²) in [4.78, 5) is 2.33. The number of aliphatic hydroxyl groups is 1. The summed E-state index contributed by atoms with van der Waals surface area (Å²) in [7, 11) is 0. The summed E-state index contributed by atoms with van der Waals surface area (Å²) in [5.41, 5.74) is 2.57. The first kappa shape index (κ1) is 18.1. The number of aryl methyl sites for hydroxylation is 1.